The summed E-state index contributed by atoms with van der Waals surface area (Å²) in [6.07, 6.45) is 4.59. The van der Waals surface area contributed by atoms with E-state index in [1.54, 1.807) is 0 Å². The Morgan fingerprint density at radius 3 is 2.75 bits per heavy atom. The summed E-state index contributed by atoms with van der Waals surface area (Å²) in [5.41, 5.74) is 5.17. The first kappa shape index (κ1) is 9.86. The Labute approximate surface area is 88.7 Å². The molecular formula is C10H12LiSi. The van der Waals surface area contributed by atoms with Crippen molar-refractivity contribution >= 4 is 35.2 Å². The van der Waals surface area contributed by atoms with Crippen LogP contribution in [0.3, 0.4) is 0 Å². The van der Waals surface area contributed by atoms with Crippen LogP contribution in [0.15, 0.2) is 24.3 Å². The minimum Gasteiger partial charge on any atom is -0.0801 e. The Morgan fingerprint density at radius 1 is 1.33 bits per heavy atom. The summed E-state index contributed by atoms with van der Waals surface area (Å²) in [5.74, 6) is 0. The molecule has 0 saturated carbocycles. The van der Waals surface area contributed by atoms with Crippen molar-refractivity contribution in [2.75, 3.05) is 0 Å². The van der Waals surface area contributed by atoms with Crippen molar-refractivity contribution < 1.29 is 0 Å². The summed E-state index contributed by atoms with van der Waals surface area (Å²) in [6, 6.07) is 6.59. The Bertz CT molecular complexity index is 318. The van der Waals surface area contributed by atoms with Gasteiger partial charge in [0.1, 0.15) is 0 Å². The van der Waals surface area contributed by atoms with Gasteiger partial charge in [0.2, 0.25) is 0 Å². The Morgan fingerprint density at radius 2 is 2.08 bits per heavy atom. The number of benzene rings is 1. The van der Waals surface area contributed by atoms with Crippen molar-refractivity contribution in [2.45, 2.75) is 12.5 Å². The van der Waals surface area contributed by atoms with Crippen LogP contribution in [0.1, 0.15) is 22.2 Å². The third-order valence-electron chi connectivity index (χ3n) is 2.40. The summed E-state index contributed by atoms with van der Waals surface area (Å²) < 4.78 is 0. The summed E-state index contributed by atoms with van der Waals surface area (Å²) in [7, 11) is 1.24. The predicted octanol–water partition coefficient (Wildman–Crippen LogP) is 1.05. The fourth-order valence-electron chi connectivity index (χ4n) is 1.67. The van der Waals surface area contributed by atoms with Gasteiger partial charge in [-0.2, -0.15) is 0 Å². The van der Waals surface area contributed by atoms with Crippen LogP contribution in [0, 0.1) is 6.92 Å². The first-order valence-corrected chi connectivity index (χ1v) is 5.22. The van der Waals surface area contributed by atoms with E-state index in [9.17, 15) is 0 Å². The number of hydrogen-bond donors (Lipinski definition) is 0. The molecule has 0 spiro atoms. The third kappa shape index (κ3) is 1.45. The smallest absolute Gasteiger partial charge is 0.0171 e. The van der Waals surface area contributed by atoms with E-state index in [1.807, 2.05) is 0 Å². The van der Waals surface area contributed by atoms with Crippen LogP contribution >= 0.6 is 0 Å². The number of aryl methyl sites for hydroxylation is 1. The molecule has 1 radical (unpaired) electrons. The molecule has 1 aromatic carbocycles. The Balaban J connectivity index is 0.000000720. The van der Waals surface area contributed by atoms with Gasteiger partial charge in [-0.3, -0.25) is 0 Å². The first-order chi connectivity index (χ1) is 5.29. The van der Waals surface area contributed by atoms with Gasteiger partial charge in [0.05, 0.1) is 0 Å². The topological polar surface area (TPSA) is 0 Å². The van der Waals surface area contributed by atoms with Gasteiger partial charge >= 0.3 is 0 Å². The molecule has 1 aliphatic rings. The average Bonchev–Trinajstić information content (AvgIpc) is 2.35. The molecule has 57 valence electrons. The van der Waals surface area contributed by atoms with Crippen molar-refractivity contribution in [1.82, 2.24) is 0 Å². The standard InChI is InChI=1S/C10H12Si.Li/c1-7-3-2-4-9-8(7)5-6-10(9)11;/h2-6,10H,1,11H3;. The van der Waals surface area contributed by atoms with Gasteiger partial charge in [0.15, 0.2) is 0 Å². The van der Waals surface area contributed by atoms with Crippen molar-refractivity contribution in [3.05, 3.63) is 41.0 Å². The van der Waals surface area contributed by atoms with Crippen LogP contribution < -0.4 is 0 Å². The molecule has 2 rings (SSSR count). The molecule has 0 fully saturated rings. The van der Waals surface area contributed by atoms with E-state index >= 15 is 0 Å². The third-order valence-corrected chi connectivity index (χ3v) is 3.41. The number of fused-ring (bicyclic) bond motifs is 1. The van der Waals surface area contributed by atoms with Gasteiger partial charge in [0, 0.05) is 29.1 Å². The molecule has 0 N–H and O–H groups in total. The Kier molecular flexibility index (Phi) is 3.01. The maximum absolute atomic E-state index is 2.32. The van der Waals surface area contributed by atoms with Gasteiger partial charge in [-0.15, -0.1) is 0 Å². The second-order valence-electron chi connectivity index (χ2n) is 3.23. The molecule has 1 aliphatic carbocycles. The molecule has 2 heteroatoms. The van der Waals surface area contributed by atoms with E-state index in [4.69, 9.17) is 0 Å². The second kappa shape index (κ2) is 3.66. The van der Waals surface area contributed by atoms with E-state index in [0.29, 0.717) is 0 Å². The van der Waals surface area contributed by atoms with E-state index in [-0.39, 0.29) is 18.9 Å². The average molecular weight is 167 g/mol. The van der Waals surface area contributed by atoms with Gasteiger partial charge < -0.3 is 0 Å². The molecule has 0 aliphatic heterocycles. The quantitative estimate of drug-likeness (QED) is 0.507. The van der Waals surface area contributed by atoms with Gasteiger partial charge in [0.25, 0.3) is 0 Å². The van der Waals surface area contributed by atoms with Crippen molar-refractivity contribution in [1.29, 1.82) is 0 Å². The van der Waals surface area contributed by atoms with E-state index in [1.165, 1.54) is 26.9 Å². The monoisotopic (exact) mass is 167 g/mol. The van der Waals surface area contributed by atoms with Crippen LogP contribution in [0.4, 0.5) is 0 Å². The van der Waals surface area contributed by atoms with Crippen LogP contribution in [0.2, 0.25) is 0 Å². The van der Waals surface area contributed by atoms with E-state index < -0.39 is 0 Å². The summed E-state index contributed by atoms with van der Waals surface area (Å²) in [4.78, 5) is 0. The maximum Gasteiger partial charge on any atom is 0.0171 e. The fourth-order valence-corrected chi connectivity index (χ4v) is 2.37. The minimum absolute atomic E-state index is 0. The predicted molar refractivity (Wildman–Crippen MR) is 58.6 cm³/mol. The zero-order valence-electron chi connectivity index (χ0n) is 7.96. The minimum atomic E-state index is 0. The molecule has 0 saturated heterocycles. The first-order valence-electron chi connectivity index (χ1n) is 4.07. The number of hydrogen-bond acceptors (Lipinski definition) is 0. The Hall–Kier alpha value is -0.226. The zero-order valence-corrected chi connectivity index (χ0v) is 9.96. The van der Waals surface area contributed by atoms with E-state index in [0.717, 1.165) is 5.54 Å². The molecule has 0 amide bonds. The van der Waals surface area contributed by atoms with Crippen molar-refractivity contribution in [3.8, 4) is 0 Å². The van der Waals surface area contributed by atoms with Crippen molar-refractivity contribution in [3.63, 3.8) is 0 Å². The number of allylic oxidation sites excluding steroid dienone is 1. The molecule has 0 aromatic heterocycles. The zero-order chi connectivity index (χ0) is 7.84. The fraction of sp³-hybridized carbons (Fsp3) is 0.200. The summed E-state index contributed by atoms with van der Waals surface area (Å²) in [5, 5.41) is 0. The molecule has 0 nitrogen and oxygen atoms in total. The van der Waals surface area contributed by atoms with Gasteiger partial charge in [-0.05, 0) is 29.2 Å². The van der Waals surface area contributed by atoms with Crippen LogP contribution in [0.5, 0.6) is 0 Å². The second-order valence-corrected chi connectivity index (χ2v) is 4.47. The van der Waals surface area contributed by atoms with Gasteiger partial charge in [-0.1, -0.05) is 30.4 Å². The molecule has 0 heterocycles. The summed E-state index contributed by atoms with van der Waals surface area (Å²) >= 11 is 0. The van der Waals surface area contributed by atoms with Gasteiger partial charge in [-0.25, -0.2) is 0 Å². The SMILES string of the molecule is Cc1cccc2c1C=CC2[SiH3].[Li]. The largest absolute Gasteiger partial charge is 0.0801 e. The van der Waals surface area contributed by atoms with Crippen LogP contribution in [-0.2, 0) is 0 Å². The normalized spacial score (nSPS) is 18.9. The van der Waals surface area contributed by atoms with E-state index in [2.05, 4.69) is 37.3 Å². The van der Waals surface area contributed by atoms with Crippen LogP contribution in [0.25, 0.3) is 6.08 Å². The molecule has 1 atom stereocenters. The molecule has 0 bridgehead atoms. The van der Waals surface area contributed by atoms with Crippen LogP contribution in [-0.4, -0.2) is 29.1 Å². The molecular weight excluding hydrogens is 155 g/mol. The molecule has 1 aromatic rings. The maximum atomic E-state index is 2.32. The summed E-state index contributed by atoms with van der Waals surface area (Å²) in [6.45, 7) is 2.18. The molecule has 12 heavy (non-hydrogen) atoms. The molecule has 1 unspecified atom stereocenters. The van der Waals surface area contributed by atoms with Crippen molar-refractivity contribution in [2.24, 2.45) is 0 Å². The number of rotatable bonds is 0.